The monoisotopic (exact) mass is 480 g/mol. The van der Waals surface area contributed by atoms with Crippen LogP contribution < -0.4 is 10.6 Å². The van der Waals surface area contributed by atoms with Crippen LogP contribution >= 0.6 is 46.1 Å². The highest BCUT2D eigenvalue weighted by Crippen LogP contribution is 2.33. The van der Waals surface area contributed by atoms with Gasteiger partial charge in [-0.15, -0.1) is 11.3 Å². The molecular formula is C21H19Cl3N4OS. The molecule has 0 aliphatic carbocycles. The summed E-state index contributed by atoms with van der Waals surface area (Å²) in [5.74, 6) is -0.324. The van der Waals surface area contributed by atoms with Crippen LogP contribution in [0.25, 0.3) is 0 Å². The first kappa shape index (κ1) is 22.6. The van der Waals surface area contributed by atoms with Gasteiger partial charge in [-0.05, 0) is 60.7 Å². The molecule has 2 N–H and O–H groups in total. The van der Waals surface area contributed by atoms with E-state index in [1.807, 2.05) is 50.2 Å². The van der Waals surface area contributed by atoms with E-state index in [1.165, 1.54) is 11.3 Å². The van der Waals surface area contributed by atoms with Gasteiger partial charge < -0.3 is 10.6 Å². The lowest BCUT2D eigenvalue weighted by molar-refractivity contribution is 0.0946. The summed E-state index contributed by atoms with van der Waals surface area (Å²) in [4.78, 5) is 12.9. The number of nitrogens with one attached hydrogen (secondary N) is 2. The fourth-order valence-corrected chi connectivity index (χ4v) is 3.58. The van der Waals surface area contributed by atoms with Crippen molar-refractivity contribution in [1.29, 1.82) is 0 Å². The number of hydrogen-bond donors (Lipinski definition) is 2. The number of thiophene rings is 1. The molecule has 0 aliphatic heterocycles. The van der Waals surface area contributed by atoms with Gasteiger partial charge in [-0.2, -0.15) is 10.2 Å². The minimum atomic E-state index is -1.76. The molecule has 30 heavy (non-hydrogen) atoms. The van der Waals surface area contributed by atoms with Gasteiger partial charge in [0.25, 0.3) is 5.91 Å². The van der Waals surface area contributed by atoms with Crippen LogP contribution in [0.4, 0.5) is 17.1 Å². The fraction of sp³-hybridized carbons (Fsp3) is 0.190. The van der Waals surface area contributed by atoms with E-state index < -0.39 is 9.96 Å². The molecule has 0 fully saturated rings. The summed E-state index contributed by atoms with van der Waals surface area (Å²) >= 11 is 19.6. The maximum atomic E-state index is 12.4. The molecule has 0 spiro atoms. The summed E-state index contributed by atoms with van der Waals surface area (Å²) in [7, 11) is 0. The molecule has 1 atom stereocenters. The summed E-state index contributed by atoms with van der Waals surface area (Å²) in [6.07, 6.45) is -0.935. The number of amides is 1. The predicted octanol–water partition coefficient (Wildman–Crippen LogP) is 7.32. The molecule has 1 amide bonds. The van der Waals surface area contributed by atoms with E-state index in [0.717, 1.165) is 16.8 Å². The Balaban J connectivity index is 1.75. The Hall–Kier alpha value is -2.12. The molecule has 0 radical (unpaired) electrons. The fourth-order valence-electron chi connectivity index (χ4n) is 2.62. The van der Waals surface area contributed by atoms with Crippen molar-refractivity contribution in [2.75, 3.05) is 5.32 Å². The van der Waals surface area contributed by atoms with Crippen LogP contribution in [-0.2, 0) is 0 Å². The number of aryl methyl sites for hydroxylation is 2. The van der Waals surface area contributed by atoms with Gasteiger partial charge in [-0.25, -0.2) is 0 Å². The summed E-state index contributed by atoms with van der Waals surface area (Å²) < 4.78 is -1.76. The summed E-state index contributed by atoms with van der Waals surface area (Å²) in [5, 5.41) is 16.2. The zero-order chi connectivity index (χ0) is 21.7. The number of carbonyl (C=O) groups excluding carboxylic acids is 1. The van der Waals surface area contributed by atoms with Crippen molar-refractivity contribution in [1.82, 2.24) is 5.32 Å². The molecule has 0 bridgehead atoms. The van der Waals surface area contributed by atoms with Gasteiger partial charge in [0.2, 0.25) is 3.79 Å². The molecule has 1 aromatic heterocycles. The van der Waals surface area contributed by atoms with Crippen molar-refractivity contribution >= 4 is 69.1 Å². The molecule has 9 heteroatoms. The lowest BCUT2D eigenvalue weighted by Gasteiger charge is -2.28. The lowest BCUT2D eigenvalue weighted by Crippen LogP contribution is -2.49. The van der Waals surface area contributed by atoms with E-state index in [0.29, 0.717) is 16.3 Å². The topological polar surface area (TPSA) is 65.8 Å². The molecule has 3 rings (SSSR count). The molecule has 1 heterocycles. The Morgan fingerprint density at radius 2 is 1.77 bits per heavy atom. The highest BCUT2D eigenvalue weighted by molar-refractivity contribution is 7.12. The maximum absolute atomic E-state index is 12.4. The van der Waals surface area contributed by atoms with E-state index in [2.05, 4.69) is 20.9 Å². The summed E-state index contributed by atoms with van der Waals surface area (Å²) in [6, 6.07) is 16.7. The van der Waals surface area contributed by atoms with Crippen molar-refractivity contribution in [3.8, 4) is 0 Å². The van der Waals surface area contributed by atoms with E-state index in [1.54, 1.807) is 23.6 Å². The Morgan fingerprint density at radius 3 is 2.40 bits per heavy atom. The third kappa shape index (κ3) is 5.95. The third-order valence-electron chi connectivity index (χ3n) is 4.25. The van der Waals surface area contributed by atoms with Crippen LogP contribution in [0.2, 0.25) is 0 Å². The van der Waals surface area contributed by atoms with E-state index >= 15 is 0 Å². The standard InChI is InChI=1S/C21H19Cl3N4OS/c1-13-6-3-4-7-17(13)28-27-15-9-10-16(14(2)12-15)25-20(21(22,23)24)26-19(29)18-8-5-11-30-18/h3-12,20,25H,1-2H3,(H,26,29)/t20-/m1/s1. The van der Waals surface area contributed by atoms with E-state index in [9.17, 15) is 4.79 Å². The minimum Gasteiger partial charge on any atom is -0.362 e. The van der Waals surface area contributed by atoms with Crippen molar-refractivity contribution in [2.24, 2.45) is 10.2 Å². The zero-order valence-electron chi connectivity index (χ0n) is 16.2. The number of benzene rings is 2. The van der Waals surface area contributed by atoms with Crippen molar-refractivity contribution in [3.05, 3.63) is 76.0 Å². The highest BCUT2D eigenvalue weighted by Gasteiger charge is 2.34. The smallest absolute Gasteiger partial charge is 0.263 e. The Morgan fingerprint density at radius 1 is 1.00 bits per heavy atom. The van der Waals surface area contributed by atoms with Crippen LogP contribution in [0, 0.1) is 13.8 Å². The number of hydrogen-bond acceptors (Lipinski definition) is 5. The van der Waals surface area contributed by atoms with Gasteiger partial charge in [0.1, 0.15) is 6.17 Å². The average molecular weight is 482 g/mol. The Labute approximate surface area is 194 Å². The zero-order valence-corrected chi connectivity index (χ0v) is 19.3. The van der Waals surface area contributed by atoms with Gasteiger partial charge in [0, 0.05) is 5.69 Å². The average Bonchev–Trinajstić information content (AvgIpc) is 3.22. The first-order chi connectivity index (χ1) is 14.2. The van der Waals surface area contributed by atoms with Crippen molar-refractivity contribution in [3.63, 3.8) is 0 Å². The first-order valence-corrected chi connectivity index (χ1v) is 11.0. The van der Waals surface area contributed by atoms with Gasteiger partial charge in [0.05, 0.1) is 16.3 Å². The van der Waals surface area contributed by atoms with Crippen LogP contribution in [0.1, 0.15) is 20.8 Å². The van der Waals surface area contributed by atoms with E-state index in [-0.39, 0.29) is 5.91 Å². The van der Waals surface area contributed by atoms with Gasteiger partial charge in [-0.1, -0.05) is 59.1 Å². The molecule has 156 valence electrons. The largest absolute Gasteiger partial charge is 0.362 e. The molecule has 5 nitrogen and oxygen atoms in total. The maximum Gasteiger partial charge on any atom is 0.263 e. The van der Waals surface area contributed by atoms with Crippen LogP contribution in [0.3, 0.4) is 0 Å². The second-order valence-corrected chi connectivity index (χ2v) is 9.87. The Bertz CT molecular complexity index is 1050. The molecule has 3 aromatic rings. The van der Waals surface area contributed by atoms with E-state index in [4.69, 9.17) is 34.8 Å². The van der Waals surface area contributed by atoms with Crippen LogP contribution in [0.5, 0.6) is 0 Å². The number of azo groups is 1. The number of carbonyl (C=O) groups is 1. The van der Waals surface area contributed by atoms with Gasteiger partial charge in [0.15, 0.2) is 0 Å². The molecular weight excluding hydrogens is 463 g/mol. The molecule has 0 aliphatic rings. The number of rotatable bonds is 6. The second-order valence-electron chi connectivity index (χ2n) is 6.56. The normalized spacial score (nSPS) is 12.7. The van der Waals surface area contributed by atoms with Crippen LogP contribution in [-0.4, -0.2) is 15.9 Å². The first-order valence-electron chi connectivity index (χ1n) is 8.99. The predicted molar refractivity (Wildman–Crippen MR) is 126 cm³/mol. The molecule has 0 saturated carbocycles. The number of nitrogens with zero attached hydrogens (tertiary/aromatic N) is 2. The lowest BCUT2D eigenvalue weighted by atomic mass is 10.1. The SMILES string of the molecule is Cc1ccccc1N=Nc1ccc(N[C@H](NC(=O)c2cccs2)C(Cl)(Cl)Cl)c(C)c1. The van der Waals surface area contributed by atoms with Crippen molar-refractivity contribution < 1.29 is 4.79 Å². The quantitative estimate of drug-likeness (QED) is 0.220. The van der Waals surface area contributed by atoms with Gasteiger partial charge >= 0.3 is 0 Å². The number of halogens is 3. The summed E-state index contributed by atoms with van der Waals surface area (Å²) in [6.45, 7) is 3.87. The molecule has 0 saturated heterocycles. The summed E-state index contributed by atoms with van der Waals surface area (Å²) in [5.41, 5.74) is 4.11. The highest BCUT2D eigenvalue weighted by atomic mass is 35.6. The number of anilines is 1. The Kier molecular flexibility index (Phi) is 7.36. The minimum absolute atomic E-state index is 0.324. The van der Waals surface area contributed by atoms with Crippen LogP contribution in [0.15, 0.2) is 70.2 Å². The molecule has 0 unspecified atom stereocenters. The van der Waals surface area contributed by atoms with Gasteiger partial charge in [-0.3, -0.25) is 4.79 Å². The number of alkyl halides is 3. The second kappa shape index (κ2) is 9.79. The van der Waals surface area contributed by atoms with Crippen molar-refractivity contribution in [2.45, 2.75) is 23.8 Å². The molecule has 2 aromatic carbocycles. The third-order valence-corrected chi connectivity index (χ3v) is 5.77.